The zero-order chi connectivity index (χ0) is 15.4. The number of anilines is 1. The van der Waals surface area contributed by atoms with Crippen molar-refractivity contribution in [1.82, 2.24) is 0 Å². The molecule has 0 aliphatic rings. The minimum absolute atomic E-state index is 0.0755. The first-order valence-electron chi connectivity index (χ1n) is 6.89. The molecular weight excluding hydrogens is 267 g/mol. The van der Waals surface area contributed by atoms with E-state index in [1.807, 2.05) is 42.3 Å². The highest BCUT2D eigenvalue weighted by atomic mass is 19.1. The lowest BCUT2D eigenvalue weighted by Crippen LogP contribution is -2.30. The average Bonchev–Trinajstić information content (AvgIpc) is 2.51. The summed E-state index contributed by atoms with van der Waals surface area (Å²) < 4.78 is 18.9. The number of rotatable bonds is 5. The highest BCUT2D eigenvalue weighted by molar-refractivity contribution is 5.50. The summed E-state index contributed by atoms with van der Waals surface area (Å²) in [5.74, 6) is 0.604. The predicted octanol–water partition coefficient (Wildman–Crippen LogP) is 3.28. The molecule has 2 N–H and O–H groups in total. The van der Waals surface area contributed by atoms with Gasteiger partial charge in [0.1, 0.15) is 11.6 Å². The van der Waals surface area contributed by atoms with Gasteiger partial charge in [-0.25, -0.2) is 4.39 Å². The zero-order valence-electron chi connectivity index (χ0n) is 12.6. The molecule has 0 aromatic heterocycles. The molecule has 0 saturated heterocycles. The zero-order valence-corrected chi connectivity index (χ0v) is 12.6. The molecule has 0 spiro atoms. The Labute approximate surface area is 125 Å². The number of hydrogen-bond donors (Lipinski definition) is 1. The van der Waals surface area contributed by atoms with Crippen LogP contribution in [0.15, 0.2) is 42.5 Å². The van der Waals surface area contributed by atoms with Crippen LogP contribution in [0.25, 0.3) is 0 Å². The molecule has 2 rings (SSSR count). The lowest BCUT2D eigenvalue weighted by atomic mass is 10.0. The van der Waals surface area contributed by atoms with E-state index in [1.165, 1.54) is 0 Å². The first-order valence-corrected chi connectivity index (χ1v) is 6.89. The van der Waals surface area contributed by atoms with Crippen molar-refractivity contribution in [2.24, 2.45) is 5.73 Å². The maximum absolute atomic E-state index is 13.8. The third kappa shape index (κ3) is 3.34. The number of aryl methyl sites for hydroxylation is 1. The van der Waals surface area contributed by atoms with E-state index in [1.54, 1.807) is 26.2 Å². The van der Waals surface area contributed by atoms with Gasteiger partial charge in [0.2, 0.25) is 0 Å². The number of ether oxygens (including phenoxy) is 1. The number of hydrogen-bond acceptors (Lipinski definition) is 3. The summed E-state index contributed by atoms with van der Waals surface area (Å²) in [6.07, 6.45) is 0. The molecule has 0 radical (unpaired) electrons. The lowest BCUT2D eigenvalue weighted by molar-refractivity contribution is 0.415. The molecule has 3 nitrogen and oxygen atoms in total. The summed E-state index contributed by atoms with van der Waals surface area (Å²) in [5, 5.41) is 0. The predicted molar refractivity (Wildman–Crippen MR) is 84.3 cm³/mol. The minimum Gasteiger partial charge on any atom is -0.497 e. The summed E-state index contributed by atoms with van der Waals surface area (Å²) in [4.78, 5) is 2.05. The van der Waals surface area contributed by atoms with Crippen LogP contribution >= 0.6 is 0 Å². The molecule has 0 amide bonds. The quantitative estimate of drug-likeness (QED) is 0.917. The largest absolute Gasteiger partial charge is 0.497 e. The van der Waals surface area contributed by atoms with Gasteiger partial charge in [0.05, 0.1) is 13.2 Å². The van der Waals surface area contributed by atoms with Crippen LogP contribution in [0.4, 0.5) is 10.1 Å². The van der Waals surface area contributed by atoms with Gasteiger partial charge in [-0.05, 0) is 48.4 Å². The van der Waals surface area contributed by atoms with Crippen LogP contribution in [0.5, 0.6) is 5.75 Å². The van der Waals surface area contributed by atoms with Crippen molar-refractivity contribution in [1.29, 1.82) is 0 Å². The van der Waals surface area contributed by atoms with Gasteiger partial charge in [-0.1, -0.05) is 12.1 Å². The molecule has 1 unspecified atom stereocenters. The fourth-order valence-corrected chi connectivity index (χ4v) is 2.33. The summed E-state index contributed by atoms with van der Waals surface area (Å²) in [5.41, 5.74) is 8.42. The lowest BCUT2D eigenvalue weighted by Gasteiger charge is -2.29. The van der Waals surface area contributed by atoms with E-state index in [0.717, 1.165) is 17.0 Å². The Morgan fingerprint density at radius 2 is 1.86 bits per heavy atom. The van der Waals surface area contributed by atoms with Crippen molar-refractivity contribution >= 4 is 5.69 Å². The second-order valence-corrected chi connectivity index (χ2v) is 5.07. The van der Waals surface area contributed by atoms with Gasteiger partial charge in [-0.3, -0.25) is 0 Å². The number of nitrogens with zero attached hydrogens (tertiary/aromatic N) is 1. The molecule has 0 aliphatic carbocycles. The topological polar surface area (TPSA) is 38.5 Å². The standard InChI is InChI=1S/C17H21FN2O/c1-12-4-5-13(10-16(12)18)17(11-19)20(2)14-6-8-15(21-3)9-7-14/h4-10,17H,11,19H2,1-3H3. The molecule has 1 atom stereocenters. The molecule has 0 heterocycles. The van der Waals surface area contributed by atoms with E-state index in [0.29, 0.717) is 12.1 Å². The smallest absolute Gasteiger partial charge is 0.126 e. The van der Waals surface area contributed by atoms with Crippen LogP contribution in [-0.4, -0.2) is 20.7 Å². The van der Waals surface area contributed by atoms with Gasteiger partial charge < -0.3 is 15.4 Å². The third-order valence-electron chi connectivity index (χ3n) is 3.75. The fourth-order valence-electron chi connectivity index (χ4n) is 2.33. The van der Waals surface area contributed by atoms with Crippen LogP contribution in [0.2, 0.25) is 0 Å². The Kier molecular flexibility index (Phi) is 4.81. The summed E-state index contributed by atoms with van der Waals surface area (Å²) in [7, 11) is 3.59. The number of halogens is 1. The van der Waals surface area contributed by atoms with Gasteiger partial charge >= 0.3 is 0 Å². The van der Waals surface area contributed by atoms with Crippen LogP contribution in [-0.2, 0) is 0 Å². The Balaban J connectivity index is 2.28. The Hall–Kier alpha value is -2.07. The van der Waals surface area contributed by atoms with Crippen molar-refractivity contribution in [2.45, 2.75) is 13.0 Å². The molecule has 0 bridgehead atoms. The molecule has 0 saturated carbocycles. The van der Waals surface area contributed by atoms with Crippen molar-refractivity contribution in [3.05, 3.63) is 59.4 Å². The first kappa shape index (κ1) is 15.3. The van der Waals surface area contributed by atoms with Gasteiger partial charge in [0.15, 0.2) is 0 Å². The molecule has 2 aromatic rings. The first-order chi connectivity index (χ1) is 10.1. The molecule has 4 heteroatoms. The van der Waals surface area contributed by atoms with E-state index in [2.05, 4.69) is 0 Å². The average molecular weight is 288 g/mol. The number of benzene rings is 2. The third-order valence-corrected chi connectivity index (χ3v) is 3.75. The Morgan fingerprint density at radius 1 is 1.19 bits per heavy atom. The second kappa shape index (κ2) is 6.59. The Bertz CT molecular complexity index is 598. The SMILES string of the molecule is COc1ccc(N(C)C(CN)c2ccc(C)c(F)c2)cc1. The normalized spacial score (nSPS) is 12.0. The molecule has 21 heavy (non-hydrogen) atoms. The second-order valence-electron chi connectivity index (χ2n) is 5.07. The van der Waals surface area contributed by atoms with Gasteiger partial charge in [-0.15, -0.1) is 0 Å². The van der Waals surface area contributed by atoms with Crippen LogP contribution in [0, 0.1) is 12.7 Å². The van der Waals surface area contributed by atoms with Crippen molar-refractivity contribution in [3.8, 4) is 5.75 Å². The van der Waals surface area contributed by atoms with E-state index < -0.39 is 0 Å². The van der Waals surface area contributed by atoms with Crippen LogP contribution < -0.4 is 15.4 Å². The fraction of sp³-hybridized carbons (Fsp3) is 0.294. The van der Waals surface area contributed by atoms with E-state index in [9.17, 15) is 4.39 Å². The van der Waals surface area contributed by atoms with Crippen molar-refractivity contribution in [2.75, 3.05) is 25.6 Å². The van der Waals surface area contributed by atoms with E-state index >= 15 is 0 Å². The van der Waals surface area contributed by atoms with Crippen molar-refractivity contribution in [3.63, 3.8) is 0 Å². The monoisotopic (exact) mass is 288 g/mol. The molecule has 2 aromatic carbocycles. The molecular formula is C17H21FN2O. The Morgan fingerprint density at radius 3 is 2.38 bits per heavy atom. The maximum atomic E-state index is 13.8. The number of likely N-dealkylation sites (N-methyl/N-ethyl adjacent to an activating group) is 1. The van der Waals surface area contributed by atoms with Gasteiger partial charge in [0, 0.05) is 19.3 Å². The van der Waals surface area contributed by atoms with E-state index in [-0.39, 0.29) is 11.9 Å². The van der Waals surface area contributed by atoms with Gasteiger partial charge in [0.25, 0.3) is 0 Å². The maximum Gasteiger partial charge on any atom is 0.126 e. The molecule has 112 valence electrons. The number of nitrogens with two attached hydrogens (primary N) is 1. The van der Waals surface area contributed by atoms with E-state index in [4.69, 9.17) is 10.5 Å². The van der Waals surface area contributed by atoms with Crippen LogP contribution in [0.3, 0.4) is 0 Å². The highest BCUT2D eigenvalue weighted by Gasteiger charge is 2.17. The summed E-state index contributed by atoms with van der Waals surface area (Å²) >= 11 is 0. The van der Waals surface area contributed by atoms with Gasteiger partial charge in [-0.2, -0.15) is 0 Å². The highest BCUT2D eigenvalue weighted by Crippen LogP contribution is 2.27. The molecule has 0 fully saturated rings. The van der Waals surface area contributed by atoms with Crippen molar-refractivity contribution < 1.29 is 9.13 Å². The number of methoxy groups -OCH3 is 1. The summed E-state index contributed by atoms with van der Waals surface area (Å²) in [6, 6.07) is 12.9. The van der Waals surface area contributed by atoms with Crippen LogP contribution in [0.1, 0.15) is 17.2 Å². The minimum atomic E-state index is -0.200. The molecule has 0 aliphatic heterocycles. The summed E-state index contributed by atoms with van der Waals surface area (Å²) in [6.45, 7) is 2.16.